The topological polar surface area (TPSA) is 38.2 Å². The highest BCUT2D eigenvalue weighted by atomic mass is 19.1. The van der Waals surface area contributed by atoms with Crippen molar-refractivity contribution in [3.63, 3.8) is 0 Å². The highest BCUT2D eigenvalue weighted by Crippen LogP contribution is 2.28. The summed E-state index contributed by atoms with van der Waals surface area (Å²) < 4.78 is 19.8. The van der Waals surface area contributed by atoms with E-state index in [9.17, 15) is 4.39 Å². The lowest BCUT2D eigenvalue weighted by atomic mass is 10.1. The number of halogens is 1. The number of morpholine rings is 1. The maximum absolute atomic E-state index is 14.0. The van der Waals surface area contributed by atoms with Crippen LogP contribution in [-0.2, 0) is 4.74 Å². The second-order valence-electron chi connectivity index (χ2n) is 5.63. The number of ether oxygens (including phenoxy) is 1. The molecule has 0 bridgehead atoms. The summed E-state index contributed by atoms with van der Waals surface area (Å²) in [5.74, 6) is 1.46. The van der Waals surface area contributed by atoms with Crippen molar-refractivity contribution in [1.82, 2.24) is 9.97 Å². The van der Waals surface area contributed by atoms with Gasteiger partial charge in [-0.25, -0.2) is 14.4 Å². The molecule has 1 unspecified atom stereocenters. The van der Waals surface area contributed by atoms with Crippen molar-refractivity contribution in [3.8, 4) is 0 Å². The fourth-order valence-electron chi connectivity index (χ4n) is 2.82. The summed E-state index contributed by atoms with van der Waals surface area (Å²) in [6.07, 6.45) is -0.273. The van der Waals surface area contributed by atoms with Crippen LogP contribution < -0.4 is 4.90 Å². The highest BCUT2D eigenvalue weighted by molar-refractivity contribution is 5.49. The van der Waals surface area contributed by atoms with E-state index in [1.54, 1.807) is 12.1 Å². The van der Waals surface area contributed by atoms with Crippen molar-refractivity contribution < 1.29 is 9.13 Å². The third kappa shape index (κ3) is 2.81. The number of nitrogens with zero attached hydrogens (tertiary/aromatic N) is 3. The minimum absolute atomic E-state index is 0.221. The van der Waals surface area contributed by atoms with Gasteiger partial charge in [0.05, 0.1) is 6.61 Å². The van der Waals surface area contributed by atoms with Gasteiger partial charge in [-0.05, 0) is 26.8 Å². The van der Waals surface area contributed by atoms with Gasteiger partial charge in [0.15, 0.2) is 0 Å². The number of rotatable bonds is 2. The number of hydrogen-bond donors (Lipinski definition) is 0. The van der Waals surface area contributed by atoms with Crippen molar-refractivity contribution >= 4 is 5.82 Å². The first-order valence-corrected chi connectivity index (χ1v) is 7.49. The Labute approximate surface area is 130 Å². The molecule has 1 fully saturated rings. The van der Waals surface area contributed by atoms with E-state index in [0.29, 0.717) is 18.7 Å². The molecule has 0 N–H and O–H groups in total. The molecule has 1 aliphatic heterocycles. The van der Waals surface area contributed by atoms with Crippen molar-refractivity contribution in [1.29, 1.82) is 0 Å². The minimum atomic E-state index is -0.273. The summed E-state index contributed by atoms with van der Waals surface area (Å²) in [6, 6.07) is 6.79. The Kier molecular flexibility index (Phi) is 4.07. The predicted octanol–water partition coefficient (Wildman–Crippen LogP) is 3.12. The Hall–Kier alpha value is -2.01. The average molecular weight is 301 g/mol. The highest BCUT2D eigenvalue weighted by Gasteiger charge is 2.26. The largest absolute Gasteiger partial charge is 0.370 e. The van der Waals surface area contributed by atoms with Crippen LogP contribution in [-0.4, -0.2) is 29.7 Å². The van der Waals surface area contributed by atoms with Crippen LogP contribution in [0.25, 0.3) is 0 Å². The fraction of sp³-hybridized carbons (Fsp3) is 0.412. The van der Waals surface area contributed by atoms with Gasteiger partial charge in [0.2, 0.25) is 0 Å². The van der Waals surface area contributed by atoms with E-state index in [-0.39, 0.29) is 11.9 Å². The Morgan fingerprint density at radius 1 is 1.18 bits per heavy atom. The van der Waals surface area contributed by atoms with Crippen LogP contribution in [0.3, 0.4) is 0 Å². The van der Waals surface area contributed by atoms with Crippen LogP contribution in [0, 0.1) is 26.6 Å². The van der Waals surface area contributed by atoms with Crippen LogP contribution in [0.1, 0.15) is 28.7 Å². The third-order valence-electron chi connectivity index (χ3n) is 4.09. The van der Waals surface area contributed by atoms with E-state index < -0.39 is 0 Å². The Morgan fingerprint density at radius 2 is 1.95 bits per heavy atom. The van der Waals surface area contributed by atoms with Gasteiger partial charge in [0, 0.05) is 29.9 Å². The van der Waals surface area contributed by atoms with Gasteiger partial charge in [-0.15, -0.1) is 0 Å². The first kappa shape index (κ1) is 14.9. The zero-order chi connectivity index (χ0) is 15.7. The van der Waals surface area contributed by atoms with Gasteiger partial charge in [0.25, 0.3) is 0 Å². The summed E-state index contributed by atoms with van der Waals surface area (Å²) in [4.78, 5) is 11.1. The molecule has 1 aliphatic rings. The predicted molar refractivity (Wildman–Crippen MR) is 83.5 cm³/mol. The Morgan fingerprint density at radius 3 is 2.73 bits per heavy atom. The molecule has 22 heavy (non-hydrogen) atoms. The van der Waals surface area contributed by atoms with E-state index in [0.717, 1.165) is 29.4 Å². The second kappa shape index (κ2) is 6.01. The summed E-state index contributed by atoms with van der Waals surface area (Å²) in [6.45, 7) is 7.81. The minimum Gasteiger partial charge on any atom is -0.370 e. The summed E-state index contributed by atoms with van der Waals surface area (Å²) >= 11 is 0. The van der Waals surface area contributed by atoms with Gasteiger partial charge in [0.1, 0.15) is 23.6 Å². The molecule has 1 aromatic carbocycles. The zero-order valence-corrected chi connectivity index (χ0v) is 13.1. The number of anilines is 1. The van der Waals surface area contributed by atoms with Crippen molar-refractivity contribution in [2.45, 2.75) is 26.9 Å². The van der Waals surface area contributed by atoms with Gasteiger partial charge in [-0.3, -0.25) is 0 Å². The normalized spacial score (nSPS) is 18.5. The summed E-state index contributed by atoms with van der Waals surface area (Å²) in [7, 11) is 0. The SMILES string of the molecule is Cc1nc(C)c(C)c(N2CCOC(c3ccccc3F)C2)n1. The first-order valence-electron chi connectivity index (χ1n) is 7.49. The van der Waals surface area contributed by atoms with E-state index in [2.05, 4.69) is 14.9 Å². The first-order chi connectivity index (χ1) is 10.6. The molecule has 4 nitrogen and oxygen atoms in total. The molecule has 2 heterocycles. The molecular weight excluding hydrogens is 281 g/mol. The standard InChI is InChI=1S/C17H20FN3O/c1-11-12(2)19-13(3)20-17(11)21-8-9-22-16(10-21)14-6-4-5-7-15(14)18/h4-7,16H,8-10H2,1-3H3. The maximum Gasteiger partial charge on any atom is 0.135 e. The molecule has 116 valence electrons. The van der Waals surface area contributed by atoms with Crippen LogP contribution in [0.5, 0.6) is 0 Å². The molecular formula is C17H20FN3O. The number of benzene rings is 1. The molecule has 1 aromatic heterocycles. The van der Waals surface area contributed by atoms with Crippen LogP contribution >= 0.6 is 0 Å². The van der Waals surface area contributed by atoms with Gasteiger partial charge in [-0.2, -0.15) is 0 Å². The zero-order valence-electron chi connectivity index (χ0n) is 13.1. The number of aryl methyl sites for hydroxylation is 2. The van der Waals surface area contributed by atoms with Crippen molar-refractivity contribution in [3.05, 3.63) is 52.7 Å². The third-order valence-corrected chi connectivity index (χ3v) is 4.09. The maximum atomic E-state index is 14.0. The summed E-state index contributed by atoms with van der Waals surface area (Å²) in [5, 5.41) is 0. The Bertz CT molecular complexity index is 690. The van der Waals surface area contributed by atoms with E-state index in [1.165, 1.54) is 6.07 Å². The molecule has 0 spiro atoms. The summed E-state index contributed by atoms with van der Waals surface area (Å²) in [5.41, 5.74) is 2.66. The van der Waals surface area contributed by atoms with E-state index in [4.69, 9.17) is 4.74 Å². The van der Waals surface area contributed by atoms with Crippen LogP contribution in [0.15, 0.2) is 24.3 Å². The number of hydrogen-bond acceptors (Lipinski definition) is 4. The van der Waals surface area contributed by atoms with Gasteiger partial charge < -0.3 is 9.64 Å². The van der Waals surface area contributed by atoms with Crippen LogP contribution in [0.4, 0.5) is 10.2 Å². The van der Waals surface area contributed by atoms with Crippen molar-refractivity contribution in [2.75, 3.05) is 24.6 Å². The molecule has 5 heteroatoms. The van der Waals surface area contributed by atoms with Gasteiger partial charge >= 0.3 is 0 Å². The molecule has 1 atom stereocenters. The van der Waals surface area contributed by atoms with Crippen LogP contribution in [0.2, 0.25) is 0 Å². The average Bonchev–Trinajstić information content (AvgIpc) is 2.51. The molecule has 0 saturated carbocycles. The van der Waals surface area contributed by atoms with E-state index >= 15 is 0 Å². The molecule has 0 radical (unpaired) electrons. The second-order valence-corrected chi connectivity index (χ2v) is 5.63. The molecule has 1 saturated heterocycles. The molecule has 0 amide bonds. The van der Waals surface area contributed by atoms with E-state index in [1.807, 2.05) is 26.8 Å². The molecule has 0 aliphatic carbocycles. The lowest BCUT2D eigenvalue weighted by Gasteiger charge is -2.35. The monoisotopic (exact) mass is 301 g/mol. The fourth-order valence-corrected chi connectivity index (χ4v) is 2.82. The number of aromatic nitrogens is 2. The smallest absolute Gasteiger partial charge is 0.135 e. The lowest BCUT2D eigenvalue weighted by Crippen LogP contribution is -2.39. The quantitative estimate of drug-likeness (QED) is 0.854. The lowest BCUT2D eigenvalue weighted by molar-refractivity contribution is 0.0372. The Balaban J connectivity index is 1.89. The van der Waals surface area contributed by atoms with Crippen molar-refractivity contribution in [2.24, 2.45) is 0 Å². The van der Waals surface area contributed by atoms with Gasteiger partial charge in [-0.1, -0.05) is 18.2 Å². The molecule has 3 rings (SSSR count). The molecule has 2 aromatic rings.